The Hall–Kier alpha value is -1.22. The van der Waals surface area contributed by atoms with Crippen molar-refractivity contribution < 1.29 is 15.0 Å². The van der Waals surface area contributed by atoms with Gasteiger partial charge in [-0.15, -0.1) is 0 Å². The molecular formula is C7H4ClO3. The molecule has 0 bridgehead atoms. The average molecular weight is 172 g/mol. The standard InChI is InChI=1S/C7H4ClO3/c8-6-2-1-4(9)3-5(6)7(10)11/h1,3,9H,(H,10,11). The second kappa shape index (κ2) is 2.80. The van der Waals surface area contributed by atoms with Crippen molar-refractivity contribution >= 4 is 17.6 Å². The molecule has 0 aliphatic heterocycles. The smallest absolute Gasteiger partial charge is 0.337 e. The van der Waals surface area contributed by atoms with E-state index < -0.39 is 5.97 Å². The molecule has 0 fully saturated rings. The Balaban J connectivity index is 3.23. The molecule has 1 aromatic rings. The molecule has 2 N–H and O–H groups in total. The maximum absolute atomic E-state index is 10.4. The van der Waals surface area contributed by atoms with E-state index in [2.05, 4.69) is 6.07 Å². The van der Waals surface area contributed by atoms with Crippen LogP contribution >= 0.6 is 11.6 Å². The molecule has 0 aliphatic carbocycles. The molecule has 0 aliphatic rings. The van der Waals surface area contributed by atoms with Gasteiger partial charge < -0.3 is 10.2 Å². The van der Waals surface area contributed by atoms with Gasteiger partial charge in [0.15, 0.2) is 0 Å². The van der Waals surface area contributed by atoms with Gasteiger partial charge in [0.1, 0.15) is 5.75 Å². The molecule has 1 rings (SSSR count). The molecule has 1 aromatic carbocycles. The first-order valence-corrected chi connectivity index (χ1v) is 3.12. The maximum atomic E-state index is 10.4. The summed E-state index contributed by atoms with van der Waals surface area (Å²) in [5.74, 6) is -1.34. The van der Waals surface area contributed by atoms with Crippen LogP contribution in [0.4, 0.5) is 0 Å². The molecule has 4 heteroatoms. The lowest BCUT2D eigenvalue weighted by atomic mass is 10.2. The van der Waals surface area contributed by atoms with Gasteiger partial charge >= 0.3 is 5.97 Å². The average Bonchev–Trinajstić information content (AvgIpc) is 1.94. The number of carbonyl (C=O) groups is 1. The monoisotopic (exact) mass is 171 g/mol. The van der Waals surface area contributed by atoms with Crippen LogP contribution in [0.15, 0.2) is 12.1 Å². The van der Waals surface area contributed by atoms with Crippen molar-refractivity contribution in [3.63, 3.8) is 0 Å². The summed E-state index contributed by atoms with van der Waals surface area (Å²) < 4.78 is 0. The molecule has 0 aromatic heterocycles. The Morgan fingerprint density at radius 3 is 2.73 bits per heavy atom. The molecule has 0 amide bonds. The fourth-order valence-electron chi connectivity index (χ4n) is 0.624. The third kappa shape index (κ3) is 1.62. The highest BCUT2D eigenvalue weighted by molar-refractivity contribution is 6.33. The van der Waals surface area contributed by atoms with Gasteiger partial charge in [-0.05, 0) is 12.1 Å². The largest absolute Gasteiger partial charge is 0.508 e. The molecular weight excluding hydrogens is 168 g/mol. The van der Waals surface area contributed by atoms with E-state index in [0.717, 1.165) is 6.07 Å². The summed E-state index contributed by atoms with van der Waals surface area (Å²) in [4.78, 5) is 10.4. The van der Waals surface area contributed by atoms with E-state index in [0.29, 0.717) is 0 Å². The summed E-state index contributed by atoms with van der Waals surface area (Å²) in [6, 6.07) is 4.66. The maximum Gasteiger partial charge on any atom is 0.337 e. The summed E-state index contributed by atoms with van der Waals surface area (Å²) in [5.41, 5.74) is -0.147. The second-order valence-electron chi connectivity index (χ2n) is 1.89. The number of benzene rings is 1. The normalized spacial score (nSPS) is 9.55. The number of hydrogen-bond donors (Lipinski definition) is 2. The predicted octanol–water partition coefficient (Wildman–Crippen LogP) is 1.54. The first kappa shape index (κ1) is 7.88. The van der Waals surface area contributed by atoms with Gasteiger partial charge in [0.05, 0.1) is 10.6 Å². The fraction of sp³-hybridized carbons (Fsp3) is 0. The van der Waals surface area contributed by atoms with Crippen molar-refractivity contribution in [2.75, 3.05) is 0 Å². The molecule has 0 spiro atoms. The van der Waals surface area contributed by atoms with E-state index in [9.17, 15) is 4.79 Å². The van der Waals surface area contributed by atoms with Crippen molar-refractivity contribution in [1.82, 2.24) is 0 Å². The number of hydrogen-bond acceptors (Lipinski definition) is 2. The quantitative estimate of drug-likeness (QED) is 0.674. The van der Waals surface area contributed by atoms with Gasteiger partial charge in [-0.2, -0.15) is 0 Å². The van der Waals surface area contributed by atoms with Crippen molar-refractivity contribution in [2.24, 2.45) is 0 Å². The molecule has 0 heterocycles. The van der Waals surface area contributed by atoms with E-state index in [1.807, 2.05) is 0 Å². The first-order valence-electron chi connectivity index (χ1n) is 2.75. The van der Waals surface area contributed by atoms with Crippen LogP contribution in [0.1, 0.15) is 10.4 Å². The number of rotatable bonds is 1. The van der Waals surface area contributed by atoms with Crippen LogP contribution < -0.4 is 0 Å². The molecule has 0 atom stereocenters. The Labute approximate surface area is 67.8 Å². The van der Waals surface area contributed by atoms with Gasteiger partial charge in [-0.3, -0.25) is 0 Å². The topological polar surface area (TPSA) is 57.5 Å². The zero-order valence-corrected chi connectivity index (χ0v) is 6.09. The molecule has 1 radical (unpaired) electrons. The number of aromatic hydroxyl groups is 1. The van der Waals surface area contributed by atoms with E-state index in [1.165, 1.54) is 6.07 Å². The number of phenolic OH excluding ortho intramolecular Hbond substituents is 1. The fourth-order valence-corrected chi connectivity index (χ4v) is 0.814. The lowest BCUT2D eigenvalue weighted by Crippen LogP contribution is -1.96. The molecule has 0 saturated heterocycles. The van der Waals surface area contributed by atoms with Gasteiger partial charge in [-0.25, -0.2) is 4.79 Å². The van der Waals surface area contributed by atoms with Gasteiger partial charge in [-0.1, -0.05) is 11.6 Å². The highest BCUT2D eigenvalue weighted by atomic mass is 35.5. The lowest BCUT2D eigenvalue weighted by molar-refractivity contribution is 0.0696. The highest BCUT2D eigenvalue weighted by Gasteiger charge is 2.08. The summed E-state index contributed by atoms with van der Waals surface area (Å²) in [6.45, 7) is 0. The number of halogens is 1. The van der Waals surface area contributed by atoms with Gasteiger partial charge in [0.25, 0.3) is 0 Å². The molecule has 0 unspecified atom stereocenters. The minimum atomic E-state index is -1.18. The third-order valence-electron chi connectivity index (χ3n) is 1.11. The van der Waals surface area contributed by atoms with Crippen molar-refractivity contribution in [3.8, 4) is 5.75 Å². The zero-order valence-electron chi connectivity index (χ0n) is 5.34. The van der Waals surface area contributed by atoms with Crippen LogP contribution in [-0.4, -0.2) is 16.2 Å². The van der Waals surface area contributed by atoms with Gasteiger partial charge in [0, 0.05) is 6.07 Å². The highest BCUT2D eigenvalue weighted by Crippen LogP contribution is 2.19. The summed E-state index contributed by atoms with van der Waals surface area (Å²) in [6.07, 6.45) is 0. The number of carboxylic acid groups (broad SMARTS) is 1. The summed E-state index contributed by atoms with van der Waals surface area (Å²) >= 11 is 5.44. The Morgan fingerprint density at radius 1 is 1.64 bits per heavy atom. The Morgan fingerprint density at radius 2 is 2.27 bits per heavy atom. The second-order valence-corrected chi connectivity index (χ2v) is 2.27. The Kier molecular flexibility index (Phi) is 2.01. The number of aromatic carboxylic acids is 1. The minimum absolute atomic E-state index is 0.00435. The zero-order chi connectivity index (χ0) is 8.43. The predicted molar refractivity (Wildman–Crippen MR) is 38.9 cm³/mol. The summed E-state index contributed by atoms with van der Waals surface area (Å²) in [5, 5.41) is 17.3. The number of phenols is 1. The molecule has 57 valence electrons. The molecule has 0 saturated carbocycles. The van der Waals surface area contributed by atoms with Crippen molar-refractivity contribution in [2.45, 2.75) is 0 Å². The van der Waals surface area contributed by atoms with Crippen LogP contribution in [0.5, 0.6) is 5.75 Å². The van der Waals surface area contributed by atoms with Crippen LogP contribution in [-0.2, 0) is 0 Å². The van der Waals surface area contributed by atoms with Crippen LogP contribution in [0.3, 0.4) is 0 Å². The van der Waals surface area contributed by atoms with E-state index in [4.69, 9.17) is 21.8 Å². The summed E-state index contributed by atoms with van der Waals surface area (Å²) in [7, 11) is 0. The first-order chi connectivity index (χ1) is 5.11. The van der Waals surface area contributed by atoms with E-state index >= 15 is 0 Å². The Bertz CT molecular complexity index is 296. The SMILES string of the molecule is O=C(O)c1cc(O)c[c]c1Cl. The van der Waals surface area contributed by atoms with E-state index in [-0.39, 0.29) is 16.3 Å². The van der Waals surface area contributed by atoms with Crippen LogP contribution in [0.2, 0.25) is 5.02 Å². The number of carboxylic acids is 1. The van der Waals surface area contributed by atoms with Crippen LogP contribution in [0.25, 0.3) is 0 Å². The van der Waals surface area contributed by atoms with Crippen LogP contribution in [0, 0.1) is 6.07 Å². The van der Waals surface area contributed by atoms with E-state index in [1.54, 1.807) is 0 Å². The van der Waals surface area contributed by atoms with Gasteiger partial charge in [0.2, 0.25) is 0 Å². The third-order valence-corrected chi connectivity index (χ3v) is 1.42. The molecule has 3 nitrogen and oxygen atoms in total. The molecule has 11 heavy (non-hydrogen) atoms. The van der Waals surface area contributed by atoms with Crippen molar-refractivity contribution in [3.05, 3.63) is 28.8 Å². The van der Waals surface area contributed by atoms with Crippen molar-refractivity contribution in [1.29, 1.82) is 0 Å². The lowest BCUT2D eigenvalue weighted by Gasteiger charge is -1.97. The minimum Gasteiger partial charge on any atom is -0.508 e.